The normalized spacial score (nSPS) is 11.8. The predicted molar refractivity (Wildman–Crippen MR) is 109 cm³/mol. The van der Waals surface area contributed by atoms with E-state index in [1.807, 2.05) is 43.3 Å². The monoisotopic (exact) mass is 386 g/mol. The zero-order chi connectivity index (χ0) is 20.2. The largest absolute Gasteiger partial charge is 0.345 e. The molecule has 4 aromatic rings. The van der Waals surface area contributed by atoms with Gasteiger partial charge in [0.2, 0.25) is 0 Å². The van der Waals surface area contributed by atoms with Gasteiger partial charge in [0, 0.05) is 24.2 Å². The first kappa shape index (κ1) is 18.6. The summed E-state index contributed by atoms with van der Waals surface area (Å²) in [6.07, 6.45) is 5.07. The van der Waals surface area contributed by atoms with E-state index in [-0.39, 0.29) is 17.8 Å². The summed E-state index contributed by atoms with van der Waals surface area (Å²) in [7, 11) is 0. The van der Waals surface area contributed by atoms with E-state index in [1.54, 1.807) is 41.5 Å². The fraction of sp³-hybridized carbons (Fsp3) is 0.0870. The number of hydrogen-bond donors (Lipinski definition) is 1. The minimum atomic E-state index is -0.310. The smallest absolute Gasteiger partial charge is 0.255 e. The third kappa shape index (κ3) is 4.06. The van der Waals surface area contributed by atoms with Gasteiger partial charge in [-0.2, -0.15) is 5.10 Å². The molecular weight excluding hydrogens is 367 g/mol. The highest BCUT2D eigenvalue weighted by Crippen LogP contribution is 2.24. The molecule has 2 aromatic heterocycles. The van der Waals surface area contributed by atoms with Crippen molar-refractivity contribution in [3.05, 3.63) is 102 Å². The van der Waals surface area contributed by atoms with Crippen LogP contribution in [0.25, 0.3) is 16.9 Å². The number of nitrogens with zero attached hydrogens (tertiary/aromatic N) is 3. The second-order valence-electron chi connectivity index (χ2n) is 6.66. The van der Waals surface area contributed by atoms with Crippen molar-refractivity contribution in [2.24, 2.45) is 0 Å². The van der Waals surface area contributed by atoms with Crippen molar-refractivity contribution in [2.75, 3.05) is 0 Å². The molecule has 0 unspecified atom stereocenters. The summed E-state index contributed by atoms with van der Waals surface area (Å²) in [5, 5.41) is 7.60. The van der Waals surface area contributed by atoms with Crippen LogP contribution in [0.5, 0.6) is 0 Å². The van der Waals surface area contributed by atoms with Crippen LogP contribution in [0.15, 0.2) is 85.3 Å². The molecule has 1 atom stereocenters. The topological polar surface area (TPSA) is 59.8 Å². The summed E-state index contributed by atoms with van der Waals surface area (Å²) in [5.74, 6) is -0.571. The maximum atomic E-state index is 13.2. The highest BCUT2D eigenvalue weighted by Gasteiger charge is 2.20. The number of pyridine rings is 1. The first-order chi connectivity index (χ1) is 14.1. The van der Waals surface area contributed by atoms with Crippen LogP contribution in [0.1, 0.15) is 28.9 Å². The Hall–Kier alpha value is -3.80. The van der Waals surface area contributed by atoms with E-state index in [1.165, 1.54) is 12.1 Å². The van der Waals surface area contributed by atoms with Gasteiger partial charge >= 0.3 is 0 Å². The quantitative estimate of drug-likeness (QED) is 0.547. The minimum absolute atomic E-state index is 0.261. The van der Waals surface area contributed by atoms with Gasteiger partial charge in [-0.05, 0) is 48.9 Å². The molecule has 2 aromatic carbocycles. The van der Waals surface area contributed by atoms with E-state index in [0.717, 1.165) is 16.8 Å². The van der Waals surface area contributed by atoms with Gasteiger partial charge in [-0.25, -0.2) is 9.07 Å². The Morgan fingerprint density at radius 3 is 2.48 bits per heavy atom. The third-order valence-electron chi connectivity index (χ3n) is 4.63. The maximum absolute atomic E-state index is 13.2. The van der Waals surface area contributed by atoms with E-state index >= 15 is 0 Å². The Labute approximate surface area is 167 Å². The first-order valence-electron chi connectivity index (χ1n) is 9.23. The van der Waals surface area contributed by atoms with Crippen molar-refractivity contribution in [3.63, 3.8) is 0 Å². The standard InChI is InChI=1S/C23H19FN4O/c1-16(17-9-11-19(24)12-10-17)26-23(29)21-15-28(20-7-3-2-4-8-20)27-22(21)18-6-5-13-25-14-18/h2-16H,1H3,(H,26,29)/t16-/m1/s1. The van der Waals surface area contributed by atoms with Gasteiger partial charge in [-0.1, -0.05) is 30.3 Å². The van der Waals surface area contributed by atoms with Crippen molar-refractivity contribution in [2.45, 2.75) is 13.0 Å². The van der Waals surface area contributed by atoms with Gasteiger partial charge in [0.05, 0.1) is 17.3 Å². The highest BCUT2D eigenvalue weighted by atomic mass is 19.1. The minimum Gasteiger partial charge on any atom is -0.345 e. The summed E-state index contributed by atoms with van der Waals surface area (Å²) >= 11 is 0. The molecule has 5 nitrogen and oxygen atoms in total. The van der Waals surface area contributed by atoms with Gasteiger partial charge in [-0.15, -0.1) is 0 Å². The van der Waals surface area contributed by atoms with Crippen LogP contribution < -0.4 is 5.32 Å². The summed E-state index contributed by atoms with van der Waals surface area (Å²) in [6, 6.07) is 19.1. The second kappa shape index (κ2) is 8.06. The number of benzene rings is 2. The van der Waals surface area contributed by atoms with Crippen molar-refractivity contribution in [3.8, 4) is 16.9 Å². The lowest BCUT2D eigenvalue weighted by Gasteiger charge is -2.14. The van der Waals surface area contributed by atoms with E-state index in [4.69, 9.17) is 0 Å². The van der Waals surface area contributed by atoms with E-state index < -0.39 is 0 Å². The molecule has 1 N–H and O–H groups in total. The van der Waals surface area contributed by atoms with Gasteiger partial charge in [0.25, 0.3) is 5.91 Å². The lowest BCUT2D eigenvalue weighted by atomic mass is 10.1. The van der Waals surface area contributed by atoms with Crippen LogP contribution >= 0.6 is 0 Å². The third-order valence-corrected chi connectivity index (χ3v) is 4.63. The Bertz CT molecular complexity index is 1110. The molecule has 0 aliphatic heterocycles. The average molecular weight is 386 g/mol. The SMILES string of the molecule is C[C@@H](NC(=O)c1cn(-c2ccccc2)nc1-c1cccnc1)c1ccc(F)cc1. The molecule has 0 fully saturated rings. The molecule has 0 bridgehead atoms. The molecule has 0 saturated heterocycles. The average Bonchev–Trinajstić information content (AvgIpc) is 3.21. The number of carbonyl (C=O) groups excluding carboxylic acids is 1. The number of aromatic nitrogens is 3. The van der Waals surface area contributed by atoms with Crippen LogP contribution in [0.3, 0.4) is 0 Å². The van der Waals surface area contributed by atoms with E-state index in [0.29, 0.717) is 11.3 Å². The van der Waals surface area contributed by atoms with Gasteiger partial charge in [-0.3, -0.25) is 9.78 Å². The Morgan fingerprint density at radius 2 is 1.79 bits per heavy atom. The van der Waals surface area contributed by atoms with E-state index in [2.05, 4.69) is 15.4 Å². The molecule has 0 radical (unpaired) electrons. The molecule has 29 heavy (non-hydrogen) atoms. The summed E-state index contributed by atoms with van der Waals surface area (Å²) in [6.45, 7) is 1.86. The number of rotatable bonds is 5. The Kier molecular flexibility index (Phi) is 5.16. The molecule has 0 saturated carbocycles. The highest BCUT2D eigenvalue weighted by molar-refractivity contribution is 6.00. The van der Waals surface area contributed by atoms with Crippen molar-refractivity contribution >= 4 is 5.91 Å². The van der Waals surface area contributed by atoms with Crippen LogP contribution in [0.4, 0.5) is 4.39 Å². The molecule has 144 valence electrons. The van der Waals surface area contributed by atoms with Crippen molar-refractivity contribution < 1.29 is 9.18 Å². The molecule has 0 spiro atoms. The number of hydrogen-bond acceptors (Lipinski definition) is 3. The van der Waals surface area contributed by atoms with Crippen LogP contribution in [0.2, 0.25) is 0 Å². The molecule has 6 heteroatoms. The van der Waals surface area contributed by atoms with Gasteiger partial charge in [0.15, 0.2) is 0 Å². The first-order valence-corrected chi connectivity index (χ1v) is 9.23. The predicted octanol–water partition coefficient (Wildman–Crippen LogP) is 4.56. The molecular formula is C23H19FN4O. The Morgan fingerprint density at radius 1 is 1.03 bits per heavy atom. The van der Waals surface area contributed by atoms with Crippen LogP contribution in [-0.2, 0) is 0 Å². The number of carbonyl (C=O) groups is 1. The summed E-state index contributed by atoms with van der Waals surface area (Å²) in [4.78, 5) is 17.2. The maximum Gasteiger partial charge on any atom is 0.255 e. The fourth-order valence-corrected chi connectivity index (χ4v) is 3.08. The van der Waals surface area contributed by atoms with Gasteiger partial charge < -0.3 is 5.32 Å². The van der Waals surface area contributed by atoms with Crippen molar-refractivity contribution in [1.29, 1.82) is 0 Å². The zero-order valence-electron chi connectivity index (χ0n) is 15.8. The van der Waals surface area contributed by atoms with Crippen molar-refractivity contribution in [1.82, 2.24) is 20.1 Å². The zero-order valence-corrected chi connectivity index (χ0v) is 15.8. The van der Waals surface area contributed by atoms with E-state index in [9.17, 15) is 9.18 Å². The molecule has 0 aliphatic rings. The van der Waals surface area contributed by atoms with Gasteiger partial charge in [0.1, 0.15) is 11.5 Å². The number of para-hydroxylation sites is 1. The summed E-state index contributed by atoms with van der Waals surface area (Å²) in [5.41, 5.74) is 3.41. The number of amides is 1. The summed E-state index contributed by atoms with van der Waals surface area (Å²) < 4.78 is 14.9. The molecule has 2 heterocycles. The lowest BCUT2D eigenvalue weighted by Crippen LogP contribution is -2.26. The van der Waals surface area contributed by atoms with Crippen LogP contribution in [0, 0.1) is 5.82 Å². The second-order valence-corrected chi connectivity index (χ2v) is 6.66. The molecule has 4 rings (SSSR count). The molecule has 0 aliphatic carbocycles. The Balaban J connectivity index is 1.68. The fourth-order valence-electron chi connectivity index (χ4n) is 3.08. The lowest BCUT2D eigenvalue weighted by molar-refractivity contribution is 0.0940. The van der Waals surface area contributed by atoms with Crippen LogP contribution in [-0.4, -0.2) is 20.7 Å². The number of nitrogens with one attached hydrogen (secondary N) is 1. The number of halogens is 1. The molecule has 1 amide bonds.